The molecule has 0 saturated carbocycles. The van der Waals surface area contributed by atoms with E-state index in [-0.39, 0.29) is 12.1 Å². The highest BCUT2D eigenvalue weighted by molar-refractivity contribution is 5.89. The number of guanidine groups is 1. The van der Waals surface area contributed by atoms with E-state index >= 15 is 0 Å². The van der Waals surface area contributed by atoms with E-state index in [2.05, 4.69) is 26.3 Å². The molecule has 0 atom stereocenters. The van der Waals surface area contributed by atoms with Gasteiger partial charge < -0.3 is 26.0 Å². The molecule has 1 aromatic carbocycles. The number of nitrogens with one attached hydrogen (secondary N) is 4. The Morgan fingerprint density at radius 2 is 1.88 bits per heavy atom. The molecule has 2 amide bonds. The minimum Gasteiger partial charge on any atom is -0.382 e. The van der Waals surface area contributed by atoms with Crippen molar-refractivity contribution >= 4 is 17.7 Å². The highest BCUT2D eigenvalue weighted by atomic mass is 16.5. The molecule has 1 aromatic rings. The minimum atomic E-state index is -0.198. The monoisotopic (exact) mass is 363 g/mol. The summed E-state index contributed by atoms with van der Waals surface area (Å²) in [6.45, 7) is 11.6. The molecule has 7 heteroatoms. The summed E-state index contributed by atoms with van der Waals surface area (Å²) in [6.07, 6.45) is 0.942. The molecule has 0 heterocycles. The van der Waals surface area contributed by atoms with Crippen LogP contribution in [-0.2, 0) is 11.3 Å². The van der Waals surface area contributed by atoms with Gasteiger partial charge in [-0.2, -0.15) is 0 Å². The molecule has 4 N–H and O–H groups in total. The number of anilines is 1. The molecular weight excluding hydrogens is 330 g/mol. The van der Waals surface area contributed by atoms with Crippen LogP contribution in [0.4, 0.5) is 10.5 Å². The molecule has 0 aliphatic carbocycles. The van der Waals surface area contributed by atoms with Crippen molar-refractivity contribution in [3.8, 4) is 0 Å². The lowest BCUT2D eigenvalue weighted by Gasteiger charge is -2.12. The van der Waals surface area contributed by atoms with Gasteiger partial charge in [0.15, 0.2) is 5.96 Å². The van der Waals surface area contributed by atoms with Crippen LogP contribution in [0.3, 0.4) is 0 Å². The quantitative estimate of drug-likeness (QED) is 0.292. The Morgan fingerprint density at radius 3 is 2.50 bits per heavy atom. The van der Waals surface area contributed by atoms with Crippen LogP contribution in [0.1, 0.15) is 39.7 Å². The number of carbonyl (C=O) groups is 1. The smallest absolute Gasteiger partial charge is 0.319 e. The van der Waals surface area contributed by atoms with Gasteiger partial charge in [0, 0.05) is 38.0 Å². The Hall–Kier alpha value is -2.28. The second-order valence-corrected chi connectivity index (χ2v) is 6.12. The van der Waals surface area contributed by atoms with E-state index in [9.17, 15) is 4.79 Å². The molecule has 7 nitrogen and oxygen atoms in total. The van der Waals surface area contributed by atoms with Gasteiger partial charge >= 0.3 is 6.03 Å². The molecule has 26 heavy (non-hydrogen) atoms. The third-order valence-corrected chi connectivity index (χ3v) is 3.36. The number of rotatable bonds is 10. The molecule has 0 unspecified atom stereocenters. The Kier molecular flexibility index (Phi) is 10.9. The van der Waals surface area contributed by atoms with E-state index in [1.54, 1.807) is 0 Å². The van der Waals surface area contributed by atoms with Gasteiger partial charge in [0.25, 0.3) is 0 Å². The van der Waals surface area contributed by atoms with E-state index in [0.717, 1.165) is 49.9 Å². The Balaban J connectivity index is 2.48. The number of benzene rings is 1. The normalized spacial score (nSPS) is 11.3. The first kappa shape index (κ1) is 21.8. The fourth-order valence-corrected chi connectivity index (χ4v) is 2.16. The van der Waals surface area contributed by atoms with Gasteiger partial charge in [-0.3, -0.25) is 0 Å². The molecule has 0 radical (unpaired) electrons. The highest BCUT2D eigenvalue weighted by Gasteiger charge is 2.03. The number of aliphatic imine (C=N–C) groups is 1. The summed E-state index contributed by atoms with van der Waals surface area (Å²) in [5, 5.41) is 12.1. The Bertz CT molecular complexity index is 543. The topological polar surface area (TPSA) is 86.8 Å². The van der Waals surface area contributed by atoms with E-state index < -0.39 is 0 Å². The number of hydrogen-bond acceptors (Lipinski definition) is 3. The zero-order chi connectivity index (χ0) is 19.2. The summed E-state index contributed by atoms with van der Waals surface area (Å²) >= 11 is 0. The second kappa shape index (κ2) is 13.0. The van der Waals surface area contributed by atoms with Crippen molar-refractivity contribution in [3.63, 3.8) is 0 Å². The van der Waals surface area contributed by atoms with Gasteiger partial charge in [0.2, 0.25) is 0 Å². The van der Waals surface area contributed by atoms with Crippen molar-refractivity contribution in [2.24, 2.45) is 4.99 Å². The largest absolute Gasteiger partial charge is 0.382 e. The number of ether oxygens (including phenoxy) is 1. The van der Waals surface area contributed by atoms with Crippen molar-refractivity contribution in [1.29, 1.82) is 0 Å². The van der Waals surface area contributed by atoms with Gasteiger partial charge in [0.05, 0.1) is 6.54 Å². The average molecular weight is 364 g/mol. The Morgan fingerprint density at radius 1 is 1.15 bits per heavy atom. The van der Waals surface area contributed by atoms with Gasteiger partial charge in [-0.15, -0.1) is 0 Å². The van der Waals surface area contributed by atoms with Gasteiger partial charge in [-0.25, -0.2) is 9.79 Å². The lowest BCUT2D eigenvalue weighted by molar-refractivity contribution is 0.145. The van der Waals surface area contributed by atoms with Crippen LogP contribution >= 0.6 is 0 Å². The van der Waals surface area contributed by atoms with E-state index in [4.69, 9.17) is 4.74 Å². The summed E-state index contributed by atoms with van der Waals surface area (Å²) in [6, 6.07) is 7.60. The molecule has 0 aliphatic heterocycles. The number of nitrogens with zero attached hydrogens (tertiary/aromatic N) is 1. The number of urea groups is 1. The fraction of sp³-hybridized carbons (Fsp3) is 0.579. The van der Waals surface area contributed by atoms with Gasteiger partial charge in [-0.1, -0.05) is 12.1 Å². The van der Waals surface area contributed by atoms with Crippen LogP contribution in [0.15, 0.2) is 29.3 Å². The number of hydrogen-bond donors (Lipinski definition) is 4. The zero-order valence-corrected chi connectivity index (χ0v) is 16.4. The van der Waals surface area contributed by atoms with Crippen molar-refractivity contribution in [1.82, 2.24) is 16.0 Å². The second-order valence-electron chi connectivity index (χ2n) is 6.12. The maximum absolute atomic E-state index is 11.7. The van der Waals surface area contributed by atoms with Crippen molar-refractivity contribution in [3.05, 3.63) is 29.8 Å². The van der Waals surface area contributed by atoms with Gasteiger partial charge in [-0.05, 0) is 51.8 Å². The first-order valence-corrected chi connectivity index (χ1v) is 9.31. The number of carbonyl (C=O) groups excluding carboxylic acids is 1. The maximum atomic E-state index is 11.7. The van der Waals surface area contributed by atoms with Crippen LogP contribution in [0, 0.1) is 0 Å². The van der Waals surface area contributed by atoms with Gasteiger partial charge in [0.1, 0.15) is 0 Å². The minimum absolute atomic E-state index is 0.106. The maximum Gasteiger partial charge on any atom is 0.319 e. The molecule has 146 valence electrons. The molecule has 0 fully saturated rings. The molecule has 0 bridgehead atoms. The Labute approximate surface area is 157 Å². The number of amides is 2. The van der Waals surface area contributed by atoms with Crippen LogP contribution in [0.25, 0.3) is 0 Å². The van der Waals surface area contributed by atoms with Crippen LogP contribution in [0.5, 0.6) is 0 Å². The third-order valence-electron chi connectivity index (χ3n) is 3.36. The first-order chi connectivity index (χ1) is 12.5. The van der Waals surface area contributed by atoms with Crippen LogP contribution in [-0.4, -0.2) is 44.3 Å². The van der Waals surface area contributed by atoms with Crippen molar-refractivity contribution in [2.75, 3.05) is 31.6 Å². The van der Waals surface area contributed by atoms with E-state index in [0.29, 0.717) is 6.54 Å². The fourth-order valence-electron chi connectivity index (χ4n) is 2.16. The van der Waals surface area contributed by atoms with Crippen LogP contribution < -0.4 is 21.3 Å². The summed E-state index contributed by atoms with van der Waals surface area (Å²) in [7, 11) is 0. The first-order valence-electron chi connectivity index (χ1n) is 9.31. The lowest BCUT2D eigenvalue weighted by atomic mass is 10.2. The molecule has 1 rings (SSSR count). The van der Waals surface area contributed by atoms with E-state index in [1.807, 2.05) is 52.0 Å². The predicted molar refractivity (Wildman–Crippen MR) is 108 cm³/mol. The third kappa shape index (κ3) is 9.88. The van der Waals surface area contributed by atoms with E-state index in [1.165, 1.54) is 0 Å². The molecule has 0 aliphatic rings. The van der Waals surface area contributed by atoms with Crippen LogP contribution in [0.2, 0.25) is 0 Å². The van der Waals surface area contributed by atoms with Crippen molar-refractivity contribution < 1.29 is 9.53 Å². The molecule has 0 spiro atoms. The highest BCUT2D eigenvalue weighted by Crippen LogP contribution is 2.10. The summed E-state index contributed by atoms with van der Waals surface area (Å²) in [5.74, 6) is 0.794. The summed E-state index contributed by atoms with van der Waals surface area (Å²) in [5.41, 5.74) is 1.84. The average Bonchev–Trinajstić information content (AvgIpc) is 2.60. The zero-order valence-electron chi connectivity index (χ0n) is 16.4. The predicted octanol–water partition coefficient (Wildman–Crippen LogP) is 2.70. The standard InChI is InChI=1S/C19H33N5O2/c1-5-20-18(21-12-7-13-26-6-2)22-14-16-8-10-17(11-9-16)24-19(25)23-15(3)4/h8-11,15H,5-7,12-14H2,1-4H3,(H2,20,21,22)(H2,23,24,25). The lowest BCUT2D eigenvalue weighted by Crippen LogP contribution is -2.38. The summed E-state index contributed by atoms with van der Waals surface area (Å²) in [4.78, 5) is 16.3. The molecule has 0 aromatic heterocycles. The SMILES string of the molecule is CCNC(=NCc1ccc(NC(=O)NC(C)C)cc1)NCCCOCC. The van der Waals surface area contributed by atoms with Crippen molar-refractivity contribution in [2.45, 2.75) is 46.7 Å². The molecule has 0 saturated heterocycles. The summed E-state index contributed by atoms with van der Waals surface area (Å²) < 4.78 is 5.33. The molecular formula is C19H33N5O2.